The van der Waals surface area contributed by atoms with E-state index in [4.69, 9.17) is 18.5 Å². The maximum Gasteiger partial charge on any atom is 0.472 e. The zero-order valence-corrected chi connectivity index (χ0v) is 38.4. The fourth-order valence-electron chi connectivity index (χ4n) is 7.46. The SMILES string of the molecule is CCCCCCCCCC/C=C\CCCCCCCCCCCC(=O)OC(COC(=O)CCCCCCCCCCCC)COP(=O)(O)OC1C(O)C(O)C(O)C(O)C1O. The number of carbonyl (C=O) groups is 2. The van der Waals surface area contributed by atoms with Crippen LogP contribution in [0.5, 0.6) is 0 Å². The van der Waals surface area contributed by atoms with E-state index in [2.05, 4.69) is 26.0 Å². The number of rotatable bonds is 40. The smallest absolute Gasteiger partial charge is 0.462 e. The van der Waals surface area contributed by atoms with Gasteiger partial charge >= 0.3 is 19.8 Å². The van der Waals surface area contributed by atoms with Gasteiger partial charge in [-0.15, -0.1) is 0 Å². The minimum absolute atomic E-state index is 0.0987. The molecule has 60 heavy (non-hydrogen) atoms. The molecule has 0 radical (unpaired) electrons. The molecule has 1 saturated carbocycles. The van der Waals surface area contributed by atoms with Gasteiger partial charge in [-0.1, -0.05) is 174 Å². The van der Waals surface area contributed by atoms with Crippen LogP contribution in [0.1, 0.15) is 213 Å². The Bertz CT molecular complexity index is 1110. The van der Waals surface area contributed by atoms with Gasteiger partial charge in [-0.2, -0.15) is 0 Å². The van der Waals surface area contributed by atoms with E-state index in [1.165, 1.54) is 122 Å². The van der Waals surface area contributed by atoms with E-state index in [1.54, 1.807) is 0 Å². The van der Waals surface area contributed by atoms with E-state index in [1.807, 2.05) is 0 Å². The summed E-state index contributed by atoms with van der Waals surface area (Å²) in [5.41, 5.74) is 0. The summed E-state index contributed by atoms with van der Waals surface area (Å²) in [6.07, 6.45) is 25.6. The first kappa shape index (κ1) is 56.6. The second-order valence-corrected chi connectivity index (χ2v) is 18.4. The highest BCUT2D eigenvalue weighted by Gasteiger charge is 2.51. The van der Waals surface area contributed by atoms with E-state index >= 15 is 0 Å². The molecule has 354 valence electrons. The topological polar surface area (TPSA) is 210 Å². The quantitative estimate of drug-likeness (QED) is 0.0147. The molecule has 13 nitrogen and oxygen atoms in total. The molecular formula is C46H87O13P. The molecule has 0 aliphatic heterocycles. The van der Waals surface area contributed by atoms with E-state index < -0.39 is 75.7 Å². The Morgan fingerprint density at radius 2 is 0.850 bits per heavy atom. The van der Waals surface area contributed by atoms with E-state index in [9.17, 15) is 44.6 Å². The lowest BCUT2D eigenvalue weighted by Gasteiger charge is -2.41. The van der Waals surface area contributed by atoms with Crippen molar-refractivity contribution in [1.82, 2.24) is 0 Å². The largest absolute Gasteiger partial charge is 0.472 e. The Morgan fingerprint density at radius 1 is 0.500 bits per heavy atom. The van der Waals surface area contributed by atoms with Gasteiger partial charge < -0.3 is 39.9 Å². The van der Waals surface area contributed by atoms with Gasteiger partial charge in [0.05, 0.1) is 6.61 Å². The summed E-state index contributed by atoms with van der Waals surface area (Å²) in [7, 11) is -5.11. The summed E-state index contributed by atoms with van der Waals surface area (Å²) >= 11 is 0. The number of aliphatic hydroxyl groups excluding tert-OH is 5. The van der Waals surface area contributed by atoms with Crippen LogP contribution in [-0.2, 0) is 32.7 Å². The zero-order valence-electron chi connectivity index (χ0n) is 37.5. The van der Waals surface area contributed by atoms with Crippen LogP contribution in [0.4, 0.5) is 0 Å². The molecule has 0 aromatic rings. The maximum absolute atomic E-state index is 12.8. The molecule has 0 saturated heterocycles. The highest BCUT2D eigenvalue weighted by atomic mass is 31.2. The van der Waals surface area contributed by atoms with Crippen LogP contribution in [0.3, 0.4) is 0 Å². The third-order valence-corrected chi connectivity index (χ3v) is 12.3. The number of allylic oxidation sites excluding steroid dienone is 2. The predicted octanol–water partition coefficient (Wildman–Crippen LogP) is 9.45. The average molecular weight is 879 g/mol. The Balaban J connectivity index is 2.38. The summed E-state index contributed by atoms with van der Waals surface area (Å²) in [5, 5.41) is 50.1. The minimum atomic E-state index is -5.11. The Labute approximate surface area is 363 Å². The molecule has 0 aromatic heterocycles. The maximum atomic E-state index is 12.8. The summed E-state index contributed by atoms with van der Waals surface area (Å²) in [4.78, 5) is 35.6. The molecular weight excluding hydrogens is 791 g/mol. The summed E-state index contributed by atoms with van der Waals surface area (Å²) in [6.45, 7) is 3.29. The van der Waals surface area contributed by atoms with Crippen LogP contribution < -0.4 is 0 Å². The van der Waals surface area contributed by atoms with E-state index in [0.717, 1.165) is 51.4 Å². The highest BCUT2D eigenvalue weighted by Crippen LogP contribution is 2.47. The fourth-order valence-corrected chi connectivity index (χ4v) is 8.43. The predicted molar refractivity (Wildman–Crippen MR) is 235 cm³/mol. The molecule has 0 amide bonds. The lowest BCUT2D eigenvalue weighted by molar-refractivity contribution is -0.220. The van der Waals surface area contributed by atoms with Crippen molar-refractivity contribution in [3.8, 4) is 0 Å². The van der Waals surface area contributed by atoms with Crippen molar-refractivity contribution in [3.63, 3.8) is 0 Å². The zero-order chi connectivity index (χ0) is 44.3. The molecule has 1 aliphatic rings. The number of hydrogen-bond acceptors (Lipinski definition) is 12. The summed E-state index contributed by atoms with van der Waals surface area (Å²) in [6, 6.07) is 0. The first-order valence-electron chi connectivity index (χ1n) is 24.0. The van der Waals surface area contributed by atoms with Gasteiger partial charge in [0.15, 0.2) is 6.10 Å². The highest BCUT2D eigenvalue weighted by molar-refractivity contribution is 7.47. The van der Waals surface area contributed by atoms with Crippen molar-refractivity contribution in [2.45, 2.75) is 256 Å². The first-order chi connectivity index (χ1) is 28.9. The van der Waals surface area contributed by atoms with Crippen molar-refractivity contribution < 1.29 is 63.1 Å². The molecule has 1 fully saturated rings. The van der Waals surface area contributed by atoms with Crippen molar-refractivity contribution in [3.05, 3.63) is 12.2 Å². The lowest BCUT2D eigenvalue weighted by Crippen LogP contribution is -2.64. The number of esters is 2. The second-order valence-electron chi connectivity index (χ2n) is 17.0. The van der Waals surface area contributed by atoms with Crippen molar-refractivity contribution in [1.29, 1.82) is 0 Å². The van der Waals surface area contributed by atoms with Crippen molar-refractivity contribution >= 4 is 19.8 Å². The van der Waals surface area contributed by atoms with Gasteiger partial charge in [-0.25, -0.2) is 4.57 Å². The number of unbranched alkanes of at least 4 members (excludes halogenated alkanes) is 26. The molecule has 14 heteroatoms. The number of phosphoric acid groups is 1. The molecule has 0 spiro atoms. The minimum Gasteiger partial charge on any atom is -0.462 e. The molecule has 0 aromatic carbocycles. The third-order valence-electron chi connectivity index (χ3n) is 11.4. The summed E-state index contributed by atoms with van der Waals surface area (Å²) in [5.74, 6) is -1.09. The number of ether oxygens (including phenoxy) is 2. The molecule has 0 bridgehead atoms. The molecule has 6 unspecified atom stereocenters. The Morgan fingerprint density at radius 3 is 1.27 bits per heavy atom. The third kappa shape index (κ3) is 29.0. The van der Waals surface area contributed by atoms with Crippen LogP contribution >= 0.6 is 7.82 Å². The van der Waals surface area contributed by atoms with Crippen LogP contribution in [0.2, 0.25) is 0 Å². The molecule has 6 atom stereocenters. The lowest BCUT2D eigenvalue weighted by atomic mass is 9.85. The normalized spacial score (nSPS) is 22.2. The monoisotopic (exact) mass is 879 g/mol. The average Bonchev–Trinajstić information content (AvgIpc) is 3.23. The fraction of sp³-hybridized carbons (Fsp3) is 0.913. The Hall–Kier alpha value is -1.41. The van der Waals surface area contributed by atoms with Crippen molar-refractivity contribution in [2.24, 2.45) is 0 Å². The number of phosphoric ester groups is 1. The first-order valence-corrected chi connectivity index (χ1v) is 25.5. The standard InChI is InChI=1S/C46H87O13P/c1-3-5-7-9-11-13-15-16-17-18-19-20-21-22-23-24-25-27-29-31-33-35-40(48)58-38(36-56-39(47)34-32-30-28-26-14-12-10-8-6-4-2)37-57-60(54,55)59-46-44(52)42(50)41(49)43(51)45(46)53/h18-19,38,41-46,49-53H,3-17,20-37H2,1-2H3,(H,54,55)/b19-18-. The number of aliphatic hydroxyl groups is 5. The van der Waals surface area contributed by atoms with Crippen LogP contribution in [0.15, 0.2) is 12.2 Å². The molecule has 0 heterocycles. The molecule has 1 rings (SSSR count). The van der Waals surface area contributed by atoms with E-state index in [-0.39, 0.29) is 12.8 Å². The van der Waals surface area contributed by atoms with Crippen LogP contribution in [0.25, 0.3) is 0 Å². The Kier molecular flexibility index (Phi) is 34.9. The van der Waals surface area contributed by atoms with Crippen LogP contribution in [-0.4, -0.2) is 98.3 Å². The number of hydrogen-bond donors (Lipinski definition) is 6. The van der Waals surface area contributed by atoms with Gasteiger partial charge in [-0.05, 0) is 38.5 Å². The van der Waals surface area contributed by atoms with Gasteiger partial charge in [0.2, 0.25) is 0 Å². The van der Waals surface area contributed by atoms with Gasteiger partial charge in [0.1, 0.15) is 43.2 Å². The van der Waals surface area contributed by atoms with Gasteiger partial charge in [0, 0.05) is 12.8 Å². The number of carbonyl (C=O) groups excluding carboxylic acids is 2. The summed E-state index contributed by atoms with van der Waals surface area (Å²) < 4.78 is 33.5. The van der Waals surface area contributed by atoms with Gasteiger partial charge in [0.25, 0.3) is 0 Å². The van der Waals surface area contributed by atoms with E-state index in [0.29, 0.717) is 12.8 Å². The van der Waals surface area contributed by atoms with Gasteiger partial charge in [-0.3, -0.25) is 18.6 Å². The van der Waals surface area contributed by atoms with Crippen LogP contribution in [0, 0.1) is 0 Å². The second kappa shape index (κ2) is 37.0. The molecule has 6 N–H and O–H groups in total. The molecule has 1 aliphatic carbocycles. The van der Waals surface area contributed by atoms with Crippen molar-refractivity contribution in [2.75, 3.05) is 13.2 Å².